The zero-order valence-electron chi connectivity index (χ0n) is 14.2. The van der Waals surface area contributed by atoms with Crippen LogP contribution in [0.25, 0.3) is 21.8 Å². The molecular formula is C21H19N3OS. The number of H-pyrrole nitrogens is 1. The van der Waals surface area contributed by atoms with E-state index in [0.29, 0.717) is 12.3 Å². The molecule has 0 bridgehead atoms. The molecule has 130 valence electrons. The number of thioether (sulfide) groups is 1. The third kappa shape index (κ3) is 3.73. The summed E-state index contributed by atoms with van der Waals surface area (Å²) in [7, 11) is 0. The summed E-state index contributed by atoms with van der Waals surface area (Å²) in [6.45, 7) is 0.631. The summed E-state index contributed by atoms with van der Waals surface area (Å²) < 4.78 is 0. The van der Waals surface area contributed by atoms with Gasteiger partial charge in [-0.15, -0.1) is 0 Å². The molecule has 0 radical (unpaired) electrons. The molecule has 0 fully saturated rings. The molecule has 0 saturated heterocycles. The molecule has 5 heteroatoms. The van der Waals surface area contributed by atoms with Crippen molar-refractivity contribution in [3.05, 3.63) is 72.4 Å². The molecule has 0 aliphatic heterocycles. The molecule has 0 aliphatic carbocycles. The maximum atomic E-state index is 12.1. The lowest BCUT2D eigenvalue weighted by Crippen LogP contribution is -2.27. The van der Waals surface area contributed by atoms with E-state index in [9.17, 15) is 4.79 Å². The first-order chi connectivity index (χ1) is 12.8. The summed E-state index contributed by atoms with van der Waals surface area (Å²) in [6.07, 6.45) is 2.83. The van der Waals surface area contributed by atoms with Gasteiger partial charge in [-0.25, -0.2) is 4.98 Å². The molecule has 2 aromatic heterocycles. The smallest absolute Gasteiger partial charge is 0.230 e. The van der Waals surface area contributed by atoms with Crippen LogP contribution in [0.15, 0.2) is 71.9 Å². The molecule has 0 spiro atoms. The van der Waals surface area contributed by atoms with Gasteiger partial charge in [0.15, 0.2) is 0 Å². The summed E-state index contributed by atoms with van der Waals surface area (Å²) in [5, 5.41) is 6.19. The van der Waals surface area contributed by atoms with E-state index >= 15 is 0 Å². The quantitative estimate of drug-likeness (QED) is 0.507. The maximum absolute atomic E-state index is 12.1. The summed E-state index contributed by atoms with van der Waals surface area (Å²) in [4.78, 5) is 19.9. The fourth-order valence-electron chi connectivity index (χ4n) is 2.99. The van der Waals surface area contributed by atoms with Crippen molar-refractivity contribution in [2.45, 2.75) is 11.4 Å². The number of hydrogen-bond acceptors (Lipinski definition) is 3. The largest absolute Gasteiger partial charge is 0.361 e. The van der Waals surface area contributed by atoms with E-state index in [1.807, 2.05) is 54.7 Å². The Labute approximate surface area is 156 Å². The molecule has 0 aliphatic rings. The van der Waals surface area contributed by atoms with Gasteiger partial charge >= 0.3 is 0 Å². The lowest BCUT2D eigenvalue weighted by Gasteiger charge is -2.05. The highest BCUT2D eigenvalue weighted by Gasteiger charge is 2.06. The average molecular weight is 361 g/mol. The van der Waals surface area contributed by atoms with Gasteiger partial charge < -0.3 is 10.3 Å². The van der Waals surface area contributed by atoms with Crippen LogP contribution in [-0.2, 0) is 11.2 Å². The molecule has 4 rings (SSSR count). The first-order valence-electron chi connectivity index (χ1n) is 8.60. The molecule has 0 atom stereocenters. The van der Waals surface area contributed by atoms with E-state index in [4.69, 9.17) is 0 Å². The van der Waals surface area contributed by atoms with Gasteiger partial charge in [-0.2, -0.15) is 0 Å². The second-order valence-electron chi connectivity index (χ2n) is 6.09. The van der Waals surface area contributed by atoms with Crippen molar-refractivity contribution in [2.75, 3.05) is 12.3 Å². The first kappa shape index (κ1) is 16.7. The van der Waals surface area contributed by atoms with E-state index in [1.54, 1.807) is 0 Å². The van der Waals surface area contributed by atoms with Crippen molar-refractivity contribution < 1.29 is 4.79 Å². The van der Waals surface area contributed by atoms with Gasteiger partial charge in [-0.3, -0.25) is 4.79 Å². The minimum atomic E-state index is 0.0322. The number of carbonyl (C=O) groups is 1. The Kier molecular flexibility index (Phi) is 4.88. The number of rotatable bonds is 6. The number of amides is 1. The van der Waals surface area contributed by atoms with Crippen molar-refractivity contribution >= 4 is 39.5 Å². The van der Waals surface area contributed by atoms with E-state index < -0.39 is 0 Å². The van der Waals surface area contributed by atoms with Gasteiger partial charge in [-0.1, -0.05) is 54.2 Å². The van der Waals surface area contributed by atoms with Crippen LogP contribution in [0.3, 0.4) is 0 Å². The minimum Gasteiger partial charge on any atom is -0.361 e. The summed E-state index contributed by atoms with van der Waals surface area (Å²) in [5.74, 6) is 0.406. The first-order valence-corrected chi connectivity index (χ1v) is 9.58. The summed E-state index contributed by atoms with van der Waals surface area (Å²) >= 11 is 1.46. The molecule has 26 heavy (non-hydrogen) atoms. The van der Waals surface area contributed by atoms with Gasteiger partial charge in [0.25, 0.3) is 0 Å². The Morgan fingerprint density at radius 2 is 1.88 bits per heavy atom. The topological polar surface area (TPSA) is 57.8 Å². The average Bonchev–Trinajstić information content (AvgIpc) is 3.09. The van der Waals surface area contributed by atoms with Gasteiger partial charge in [0.1, 0.15) is 0 Å². The number of fused-ring (bicyclic) bond motifs is 2. The number of aromatic amines is 1. The van der Waals surface area contributed by atoms with Gasteiger partial charge in [0, 0.05) is 29.0 Å². The van der Waals surface area contributed by atoms with Gasteiger partial charge in [0.2, 0.25) is 5.91 Å². The van der Waals surface area contributed by atoms with Crippen LogP contribution in [0.1, 0.15) is 5.56 Å². The van der Waals surface area contributed by atoms with E-state index in [-0.39, 0.29) is 5.91 Å². The monoisotopic (exact) mass is 361 g/mol. The van der Waals surface area contributed by atoms with Crippen LogP contribution in [0.2, 0.25) is 0 Å². The Morgan fingerprint density at radius 1 is 1.04 bits per heavy atom. The molecule has 4 aromatic rings. The van der Waals surface area contributed by atoms with E-state index in [1.165, 1.54) is 22.7 Å². The number of benzene rings is 2. The summed E-state index contributed by atoms with van der Waals surface area (Å²) in [5.41, 5.74) is 3.31. The third-order valence-electron chi connectivity index (χ3n) is 4.32. The Balaban J connectivity index is 1.28. The number of pyridine rings is 1. The second kappa shape index (κ2) is 7.62. The fourth-order valence-corrected chi connectivity index (χ4v) is 3.70. The SMILES string of the molecule is O=C(CSc1ccc2ccccc2n1)NCCc1c[nH]c2ccccc12. The molecular weight excluding hydrogens is 342 g/mol. The number of hydrogen-bond donors (Lipinski definition) is 2. The Hall–Kier alpha value is -2.79. The van der Waals surface area contributed by atoms with Crippen molar-refractivity contribution in [3.8, 4) is 0 Å². The second-order valence-corrected chi connectivity index (χ2v) is 7.09. The molecule has 0 unspecified atom stereocenters. The number of carbonyl (C=O) groups excluding carboxylic acids is 1. The van der Waals surface area contributed by atoms with Crippen LogP contribution < -0.4 is 5.32 Å². The molecule has 0 saturated carbocycles. The lowest BCUT2D eigenvalue weighted by molar-refractivity contribution is -0.118. The van der Waals surface area contributed by atoms with Crippen LogP contribution in [0, 0.1) is 0 Å². The van der Waals surface area contributed by atoms with Crippen molar-refractivity contribution in [2.24, 2.45) is 0 Å². The van der Waals surface area contributed by atoms with Crippen LogP contribution in [0.5, 0.6) is 0 Å². The zero-order valence-corrected chi connectivity index (χ0v) is 15.1. The van der Waals surface area contributed by atoms with Crippen LogP contribution in [0.4, 0.5) is 0 Å². The lowest BCUT2D eigenvalue weighted by atomic mass is 10.1. The van der Waals surface area contributed by atoms with Crippen molar-refractivity contribution in [1.29, 1.82) is 0 Å². The highest BCUT2D eigenvalue weighted by Crippen LogP contribution is 2.20. The predicted octanol–water partition coefficient (Wildman–Crippen LogP) is 4.17. The fraction of sp³-hybridized carbons (Fsp3) is 0.143. The predicted molar refractivity (Wildman–Crippen MR) is 107 cm³/mol. The van der Waals surface area contributed by atoms with Crippen molar-refractivity contribution in [3.63, 3.8) is 0 Å². The number of nitrogens with one attached hydrogen (secondary N) is 2. The third-order valence-corrected chi connectivity index (χ3v) is 5.25. The standard InChI is InChI=1S/C21H19N3OS/c25-20(14-26-21-10-9-15-5-1-3-7-18(15)24-21)22-12-11-16-13-23-19-8-4-2-6-17(16)19/h1-10,13,23H,11-12,14H2,(H,22,25). The van der Waals surface area contributed by atoms with Crippen molar-refractivity contribution in [1.82, 2.24) is 15.3 Å². The van der Waals surface area contributed by atoms with E-state index in [0.717, 1.165) is 27.9 Å². The molecule has 2 N–H and O–H groups in total. The van der Waals surface area contributed by atoms with Crippen LogP contribution in [-0.4, -0.2) is 28.2 Å². The molecule has 1 amide bonds. The van der Waals surface area contributed by atoms with Crippen LogP contribution >= 0.6 is 11.8 Å². The molecule has 2 heterocycles. The zero-order chi connectivity index (χ0) is 17.8. The molecule has 4 nitrogen and oxygen atoms in total. The van der Waals surface area contributed by atoms with Gasteiger partial charge in [-0.05, 0) is 30.2 Å². The maximum Gasteiger partial charge on any atom is 0.230 e. The number of aromatic nitrogens is 2. The van der Waals surface area contributed by atoms with Gasteiger partial charge in [0.05, 0.1) is 16.3 Å². The highest BCUT2D eigenvalue weighted by molar-refractivity contribution is 7.99. The highest BCUT2D eigenvalue weighted by atomic mass is 32.2. The molecule has 2 aromatic carbocycles. The normalized spacial score (nSPS) is 11.1. The summed E-state index contributed by atoms with van der Waals surface area (Å²) in [6, 6.07) is 20.2. The number of nitrogens with zero attached hydrogens (tertiary/aromatic N) is 1. The Bertz CT molecular complexity index is 1060. The van der Waals surface area contributed by atoms with E-state index in [2.05, 4.69) is 27.4 Å². The minimum absolute atomic E-state index is 0.0322. The Morgan fingerprint density at radius 3 is 2.85 bits per heavy atom. The number of para-hydroxylation sites is 2.